The van der Waals surface area contributed by atoms with Crippen LogP contribution in [0.25, 0.3) is 0 Å². The zero-order chi connectivity index (χ0) is 13.1. The molecule has 0 saturated carbocycles. The predicted molar refractivity (Wildman–Crippen MR) is 82.0 cm³/mol. The third kappa shape index (κ3) is 2.84. The Morgan fingerprint density at radius 3 is 2.78 bits per heavy atom. The van der Waals surface area contributed by atoms with E-state index in [-0.39, 0.29) is 0 Å². The number of rotatable bonds is 4. The maximum absolute atomic E-state index is 6.06. The lowest BCUT2D eigenvalue weighted by molar-refractivity contribution is 0.686. The Labute approximate surface area is 120 Å². The van der Waals surface area contributed by atoms with Crippen LogP contribution in [0.5, 0.6) is 0 Å². The minimum Gasteiger partial charge on any atom is -0.396 e. The Morgan fingerprint density at radius 1 is 1.44 bits per heavy atom. The van der Waals surface area contributed by atoms with Crippen molar-refractivity contribution in [3.8, 4) is 0 Å². The van der Waals surface area contributed by atoms with Gasteiger partial charge >= 0.3 is 0 Å². The topological polar surface area (TPSA) is 42.1 Å². The minimum absolute atomic E-state index is 0.369. The number of anilines is 2. The number of aromatic nitrogens is 1. The Kier molecular flexibility index (Phi) is 4.24. The van der Waals surface area contributed by atoms with E-state index < -0.39 is 0 Å². The van der Waals surface area contributed by atoms with Crippen LogP contribution < -0.4 is 10.6 Å². The van der Waals surface area contributed by atoms with Gasteiger partial charge in [0, 0.05) is 17.1 Å². The van der Waals surface area contributed by atoms with Crippen molar-refractivity contribution in [3.05, 3.63) is 39.3 Å². The summed E-state index contributed by atoms with van der Waals surface area (Å²) < 4.78 is 0.938. The Hall–Kier alpha value is -1.07. The van der Waals surface area contributed by atoms with Gasteiger partial charge < -0.3 is 10.6 Å². The number of pyridine rings is 1. The first-order valence-electron chi connectivity index (χ1n) is 5.77. The van der Waals surface area contributed by atoms with E-state index in [1.54, 1.807) is 23.7 Å². The summed E-state index contributed by atoms with van der Waals surface area (Å²) in [5, 5.41) is 2.10. The van der Waals surface area contributed by atoms with E-state index in [1.807, 2.05) is 0 Å². The van der Waals surface area contributed by atoms with Crippen molar-refractivity contribution in [2.75, 3.05) is 10.6 Å². The molecule has 5 heteroatoms. The number of halogens is 1. The summed E-state index contributed by atoms with van der Waals surface area (Å²) in [5.41, 5.74) is 7.78. The average Bonchev–Trinajstić information content (AvgIpc) is 2.80. The molecular formula is C13H16BrN3S. The van der Waals surface area contributed by atoms with Crippen LogP contribution in [0.15, 0.2) is 34.4 Å². The summed E-state index contributed by atoms with van der Waals surface area (Å²) in [7, 11) is 0. The molecule has 0 radical (unpaired) electrons. The summed E-state index contributed by atoms with van der Waals surface area (Å²) in [6.45, 7) is 5.20. The first-order chi connectivity index (χ1) is 8.59. The maximum Gasteiger partial charge on any atom is 0.0781 e. The summed E-state index contributed by atoms with van der Waals surface area (Å²) in [6, 6.07) is 4.59. The van der Waals surface area contributed by atoms with E-state index >= 15 is 0 Å². The third-order valence-electron chi connectivity index (χ3n) is 2.72. The zero-order valence-electron chi connectivity index (χ0n) is 10.4. The van der Waals surface area contributed by atoms with E-state index in [9.17, 15) is 0 Å². The molecule has 0 saturated heterocycles. The van der Waals surface area contributed by atoms with Crippen LogP contribution in [-0.2, 0) is 6.54 Å². The first kappa shape index (κ1) is 13.4. The molecule has 0 aliphatic heterocycles. The number of hydrogen-bond donors (Lipinski definition) is 1. The number of nitrogen functional groups attached to an aromatic ring is 1. The lowest BCUT2D eigenvalue weighted by Crippen LogP contribution is -2.30. The quantitative estimate of drug-likeness (QED) is 0.926. The van der Waals surface area contributed by atoms with E-state index in [4.69, 9.17) is 5.73 Å². The smallest absolute Gasteiger partial charge is 0.0781 e. The predicted octanol–water partition coefficient (Wildman–Crippen LogP) is 3.90. The molecule has 0 bridgehead atoms. The van der Waals surface area contributed by atoms with Gasteiger partial charge in [0.05, 0.1) is 28.6 Å². The molecule has 2 N–H and O–H groups in total. The number of nitrogens with two attached hydrogens (primary N) is 1. The first-order valence-corrected chi connectivity index (χ1v) is 7.45. The highest BCUT2D eigenvalue weighted by Gasteiger charge is 2.17. The molecule has 0 spiro atoms. The van der Waals surface area contributed by atoms with Crippen LogP contribution in [0, 0.1) is 0 Å². The second-order valence-corrected chi connectivity index (χ2v) is 6.25. The highest BCUT2D eigenvalue weighted by atomic mass is 79.9. The molecule has 0 amide bonds. The van der Waals surface area contributed by atoms with Gasteiger partial charge in [-0.15, -0.1) is 11.3 Å². The van der Waals surface area contributed by atoms with Crippen LogP contribution in [0.2, 0.25) is 0 Å². The lowest BCUT2D eigenvalue weighted by Gasteiger charge is -2.30. The third-order valence-corrected chi connectivity index (χ3v) is 4.16. The molecule has 96 valence electrons. The maximum atomic E-state index is 6.06. The van der Waals surface area contributed by atoms with Crippen molar-refractivity contribution in [3.63, 3.8) is 0 Å². The van der Waals surface area contributed by atoms with Crippen LogP contribution >= 0.6 is 27.3 Å². The summed E-state index contributed by atoms with van der Waals surface area (Å²) in [5.74, 6) is 0. The average molecular weight is 326 g/mol. The highest BCUT2D eigenvalue weighted by Crippen LogP contribution is 2.34. The van der Waals surface area contributed by atoms with Gasteiger partial charge in [-0.2, -0.15) is 0 Å². The molecule has 18 heavy (non-hydrogen) atoms. The fourth-order valence-electron chi connectivity index (χ4n) is 1.84. The van der Waals surface area contributed by atoms with Gasteiger partial charge in [-0.3, -0.25) is 4.98 Å². The van der Waals surface area contributed by atoms with Crippen molar-refractivity contribution >= 4 is 38.6 Å². The normalized spacial score (nSPS) is 10.9. The molecule has 2 aromatic heterocycles. The number of nitrogens with zero attached hydrogens (tertiary/aromatic N) is 2. The molecule has 0 aliphatic carbocycles. The van der Waals surface area contributed by atoms with E-state index in [1.165, 1.54) is 4.88 Å². The molecule has 0 unspecified atom stereocenters. The summed E-state index contributed by atoms with van der Waals surface area (Å²) >= 11 is 5.30. The van der Waals surface area contributed by atoms with Crippen LogP contribution in [0.3, 0.4) is 0 Å². The van der Waals surface area contributed by atoms with Crippen molar-refractivity contribution in [1.82, 2.24) is 4.98 Å². The SMILES string of the molecule is CC(C)N(Cc1cccs1)c1c(N)cncc1Br. The number of thiophene rings is 1. The molecule has 2 aromatic rings. The molecule has 3 nitrogen and oxygen atoms in total. The monoisotopic (exact) mass is 325 g/mol. The van der Waals surface area contributed by atoms with Gasteiger partial charge in [0.2, 0.25) is 0 Å². The van der Waals surface area contributed by atoms with Crippen molar-refractivity contribution in [1.29, 1.82) is 0 Å². The van der Waals surface area contributed by atoms with Crippen LogP contribution in [0.1, 0.15) is 18.7 Å². The van der Waals surface area contributed by atoms with Gasteiger partial charge in [0.15, 0.2) is 0 Å². The molecule has 0 aromatic carbocycles. The molecule has 0 atom stereocenters. The minimum atomic E-state index is 0.369. The summed E-state index contributed by atoms with van der Waals surface area (Å²) in [4.78, 5) is 7.70. The van der Waals surface area contributed by atoms with Gasteiger partial charge in [-0.05, 0) is 41.2 Å². The van der Waals surface area contributed by atoms with Crippen LogP contribution in [-0.4, -0.2) is 11.0 Å². The largest absolute Gasteiger partial charge is 0.396 e. The van der Waals surface area contributed by atoms with Gasteiger partial charge in [-0.25, -0.2) is 0 Å². The fourth-order valence-corrected chi connectivity index (χ4v) is 3.11. The van der Waals surface area contributed by atoms with Gasteiger partial charge in [0.1, 0.15) is 0 Å². The zero-order valence-corrected chi connectivity index (χ0v) is 12.8. The molecule has 0 fully saturated rings. The molecule has 2 rings (SSSR count). The standard InChI is InChI=1S/C13H16BrN3S/c1-9(2)17(8-10-4-3-5-18-10)13-11(14)6-16-7-12(13)15/h3-7,9H,8,15H2,1-2H3. The Balaban J connectivity index is 2.36. The highest BCUT2D eigenvalue weighted by molar-refractivity contribution is 9.10. The van der Waals surface area contributed by atoms with E-state index in [0.717, 1.165) is 16.7 Å². The van der Waals surface area contributed by atoms with E-state index in [2.05, 4.69) is 57.2 Å². The van der Waals surface area contributed by atoms with Crippen molar-refractivity contribution in [2.24, 2.45) is 0 Å². The second kappa shape index (κ2) is 5.71. The summed E-state index contributed by atoms with van der Waals surface area (Å²) in [6.07, 6.45) is 3.49. The van der Waals surface area contributed by atoms with Gasteiger partial charge in [0.25, 0.3) is 0 Å². The van der Waals surface area contributed by atoms with Crippen molar-refractivity contribution < 1.29 is 0 Å². The second-order valence-electron chi connectivity index (χ2n) is 4.36. The fraction of sp³-hybridized carbons (Fsp3) is 0.308. The molecule has 0 aliphatic rings. The Morgan fingerprint density at radius 2 is 2.22 bits per heavy atom. The Bertz CT molecular complexity index is 491. The lowest BCUT2D eigenvalue weighted by atomic mass is 10.2. The molecular weight excluding hydrogens is 310 g/mol. The number of hydrogen-bond acceptors (Lipinski definition) is 4. The van der Waals surface area contributed by atoms with Gasteiger partial charge in [-0.1, -0.05) is 6.07 Å². The molecule has 2 heterocycles. The van der Waals surface area contributed by atoms with E-state index in [0.29, 0.717) is 11.7 Å². The van der Waals surface area contributed by atoms with Crippen LogP contribution in [0.4, 0.5) is 11.4 Å². The van der Waals surface area contributed by atoms with Crippen molar-refractivity contribution in [2.45, 2.75) is 26.4 Å².